The molecule has 0 aliphatic heterocycles. The fourth-order valence-corrected chi connectivity index (χ4v) is 4.07. The van der Waals surface area contributed by atoms with Crippen LogP contribution in [-0.4, -0.2) is 30.5 Å². The van der Waals surface area contributed by atoms with E-state index >= 15 is 0 Å². The fourth-order valence-electron chi connectivity index (χ4n) is 2.19. The van der Waals surface area contributed by atoms with Crippen molar-refractivity contribution < 1.29 is 13.2 Å². The zero-order valence-corrected chi connectivity index (χ0v) is 14.3. The third-order valence-electron chi connectivity index (χ3n) is 3.22. The van der Waals surface area contributed by atoms with Crippen LogP contribution in [0.15, 0.2) is 46.8 Å². The molecule has 0 aliphatic rings. The largest absolute Gasteiger partial charge is 0.296 e. The summed E-state index contributed by atoms with van der Waals surface area (Å²) >= 11 is 7.31. The first kappa shape index (κ1) is 15.9. The SMILES string of the molecule is CS(=O)(=O)c1ccc(Cl)cc1-c1csc(-n2cccc2C=O)n1. The molecular formula is C15H11ClN2O3S2. The molecule has 23 heavy (non-hydrogen) atoms. The van der Waals surface area contributed by atoms with Crippen LogP contribution in [0.4, 0.5) is 0 Å². The summed E-state index contributed by atoms with van der Waals surface area (Å²) in [5, 5.41) is 2.74. The molecule has 5 nitrogen and oxygen atoms in total. The van der Waals surface area contributed by atoms with E-state index in [0.717, 1.165) is 12.5 Å². The lowest BCUT2D eigenvalue weighted by Crippen LogP contribution is -2.01. The van der Waals surface area contributed by atoms with Crippen molar-refractivity contribution in [2.45, 2.75) is 4.90 Å². The Kier molecular flexibility index (Phi) is 4.09. The van der Waals surface area contributed by atoms with Crippen molar-refractivity contribution in [2.24, 2.45) is 0 Å². The number of hydrogen-bond donors (Lipinski definition) is 0. The first-order valence-electron chi connectivity index (χ1n) is 6.48. The number of hydrogen-bond acceptors (Lipinski definition) is 5. The lowest BCUT2D eigenvalue weighted by Gasteiger charge is -2.06. The second-order valence-electron chi connectivity index (χ2n) is 4.85. The zero-order valence-electron chi connectivity index (χ0n) is 11.9. The van der Waals surface area contributed by atoms with Crippen LogP contribution in [0.2, 0.25) is 5.02 Å². The molecule has 3 rings (SSSR count). The number of nitrogens with zero attached hydrogens (tertiary/aromatic N) is 2. The summed E-state index contributed by atoms with van der Waals surface area (Å²) in [7, 11) is -3.41. The van der Waals surface area contributed by atoms with Gasteiger partial charge in [-0.1, -0.05) is 11.6 Å². The van der Waals surface area contributed by atoms with E-state index in [1.807, 2.05) is 0 Å². The summed E-state index contributed by atoms with van der Waals surface area (Å²) in [6.45, 7) is 0. The monoisotopic (exact) mass is 366 g/mol. The van der Waals surface area contributed by atoms with Gasteiger partial charge < -0.3 is 0 Å². The second kappa shape index (κ2) is 5.92. The molecule has 0 saturated heterocycles. The van der Waals surface area contributed by atoms with Crippen LogP contribution < -0.4 is 0 Å². The van der Waals surface area contributed by atoms with Crippen LogP contribution in [0, 0.1) is 0 Å². The second-order valence-corrected chi connectivity index (χ2v) is 8.11. The van der Waals surface area contributed by atoms with Crippen LogP contribution in [0.5, 0.6) is 0 Å². The zero-order chi connectivity index (χ0) is 16.6. The topological polar surface area (TPSA) is 69.0 Å². The van der Waals surface area contributed by atoms with Gasteiger partial charge in [0.25, 0.3) is 0 Å². The predicted molar refractivity (Wildman–Crippen MR) is 90.4 cm³/mol. The number of aromatic nitrogens is 2. The minimum absolute atomic E-state index is 0.168. The van der Waals surface area contributed by atoms with Crippen molar-refractivity contribution in [3.05, 3.63) is 52.6 Å². The van der Waals surface area contributed by atoms with Gasteiger partial charge in [-0.05, 0) is 30.3 Å². The summed E-state index contributed by atoms with van der Waals surface area (Å²) in [6.07, 6.45) is 3.60. The van der Waals surface area contributed by atoms with E-state index in [1.165, 1.54) is 23.5 Å². The normalized spacial score (nSPS) is 11.6. The molecule has 3 aromatic rings. The third kappa shape index (κ3) is 3.08. The van der Waals surface area contributed by atoms with Crippen molar-refractivity contribution in [1.29, 1.82) is 0 Å². The van der Waals surface area contributed by atoms with Gasteiger partial charge in [-0.3, -0.25) is 9.36 Å². The van der Waals surface area contributed by atoms with Gasteiger partial charge in [0.2, 0.25) is 0 Å². The first-order valence-corrected chi connectivity index (χ1v) is 9.63. The summed E-state index contributed by atoms with van der Waals surface area (Å²) in [4.78, 5) is 15.6. The quantitative estimate of drug-likeness (QED) is 0.663. The number of thiazole rings is 1. The molecule has 0 bridgehead atoms. The lowest BCUT2D eigenvalue weighted by atomic mass is 10.2. The molecule has 8 heteroatoms. The highest BCUT2D eigenvalue weighted by molar-refractivity contribution is 7.90. The number of benzene rings is 1. The molecule has 0 aliphatic carbocycles. The maximum atomic E-state index is 12.0. The van der Waals surface area contributed by atoms with Crippen LogP contribution in [0.3, 0.4) is 0 Å². The summed E-state index contributed by atoms with van der Waals surface area (Å²) < 4.78 is 25.6. The standard InChI is InChI=1S/C15H11ClN2O3S2/c1-23(20,21)14-5-4-10(16)7-12(14)13-9-22-15(17-13)18-6-2-3-11(18)8-19/h2-9H,1H3. The minimum Gasteiger partial charge on any atom is -0.296 e. The van der Waals surface area contributed by atoms with E-state index in [0.29, 0.717) is 27.1 Å². The summed E-state index contributed by atoms with van der Waals surface area (Å²) in [5.41, 5.74) is 1.42. The molecule has 0 fully saturated rings. The lowest BCUT2D eigenvalue weighted by molar-refractivity contribution is 0.111. The van der Waals surface area contributed by atoms with Gasteiger partial charge in [0, 0.05) is 28.4 Å². The van der Waals surface area contributed by atoms with Crippen LogP contribution >= 0.6 is 22.9 Å². The van der Waals surface area contributed by atoms with Crippen molar-refractivity contribution in [1.82, 2.24) is 9.55 Å². The molecule has 0 spiro atoms. The fraction of sp³-hybridized carbons (Fsp3) is 0.0667. The Bertz CT molecular complexity index is 990. The van der Waals surface area contributed by atoms with Gasteiger partial charge in [0.1, 0.15) is 0 Å². The number of carbonyl (C=O) groups excluding carboxylic acids is 1. The highest BCUT2D eigenvalue weighted by atomic mass is 35.5. The van der Waals surface area contributed by atoms with Crippen molar-refractivity contribution >= 4 is 39.1 Å². The third-order valence-corrected chi connectivity index (χ3v) is 5.45. The van der Waals surface area contributed by atoms with Gasteiger partial charge in [0.15, 0.2) is 21.3 Å². The van der Waals surface area contributed by atoms with Crippen molar-refractivity contribution in [3.63, 3.8) is 0 Å². The number of sulfone groups is 1. The van der Waals surface area contributed by atoms with E-state index in [4.69, 9.17) is 11.6 Å². The molecule has 2 aromatic heterocycles. The number of halogens is 1. The Morgan fingerprint density at radius 3 is 2.78 bits per heavy atom. The van der Waals surface area contributed by atoms with E-state index in [1.54, 1.807) is 34.3 Å². The molecule has 0 saturated carbocycles. The summed E-state index contributed by atoms with van der Waals surface area (Å²) in [6, 6.07) is 8.00. The van der Waals surface area contributed by atoms with E-state index < -0.39 is 9.84 Å². The van der Waals surface area contributed by atoms with Crippen molar-refractivity contribution in [2.75, 3.05) is 6.26 Å². The molecule has 0 amide bonds. The van der Waals surface area contributed by atoms with Gasteiger partial charge in [0.05, 0.1) is 16.3 Å². The average Bonchev–Trinajstić information content (AvgIpc) is 3.14. The van der Waals surface area contributed by atoms with Gasteiger partial charge in [-0.15, -0.1) is 11.3 Å². The first-order chi connectivity index (χ1) is 10.9. The Morgan fingerprint density at radius 1 is 1.30 bits per heavy atom. The van der Waals surface area contributed by atoms with Crippen LogP contribution in [-0.2, 0) is 9.84 Å². The number of rotatable bonds is 4. The molecule has 2 heterocycles. The molecule has 0 radical (unpaired) electrons. The Balaban J connectivity index is 2.15. The molecule has 0 atom stereocenters. The smallest absolute Gasteiger partial charge is 0.194 e. The maximum Gasteiger partial charge on any atom is 0.194 e. The highest BCUT2D eigenvalue weighted by Crippen LogP contribution is 2.32. The van der Waals surface area contributed by atoms with Crippen LogP contribution in [0.1, 0.15) is 10.5 Å². The molecule has 118 valence electrons. The van der Waals surface area contributed by atoms with E-state index in [2.05, 4.69) is 4.98 Å². The Labute approximate surface area is 142 Å². The molecule has 0 unspecified atom stereocenters. The maximum absolute atomic E-state index is 12.0. The molecule has 1 aromatic carbocycles. The van der Waals surface area contributed by atoms with Crippen LogP contribution in [0.25, 0.3) is 16.4 Å². The average molecular weight is 367 g/mol. The highest BCUT2D eigenvalue weighted by Gasteiger charge is 2.18. The van der Waals surface area contributed by atoms with Gasteiger partial charge in [-0.2, -0.15) is 0 Å². The predicted octanol–water partition coefficient (Wildman–Crippen LogP) is 3.47. The van der Waals surface area contributed by atoms with E-state index in [-0.39, 0.29) is 4.90 Å². The number of aldehydes is 1. The minimum atomic E-state index is -3.41. The summed E-state index contributed by atoms with van der Waals surface area (Å²) in [5.74, 6) is 0. The van der Waals surface area contributed by atoms with E-state index in [9.17, 15) is 13.2 Å². The van der Waals surface area contributed by atoms with Crippen molar-refractivity contribution in [3.8, 4) is 16.4 Å². The number of carbonyl (C=O) groups is 1. The molecule has 0 N–H and O–H groups in total. The Morgan fingerprint density at radius 2 is 2.09 bits per heavy atom. The Hall–Kier alpha value is -1.96. The molecular weight excluding hydrogens is 356 g/mol. The van der Waals surface area contributed by atoms with Gasteiger partial charge in [-0.25, -0.2) is 13.4 Å². The van der Waals surface area contributed by atoms with Gasteiger partial charge >= 0.3 is 0 Å².